The number of hydrogen-bond acceptors (Lipinski definition) is 12. The SMILES string of the molecule is C=C1C(O[C@@H]2OC[C@H](O)[C@H](O)[C@H]2O)[C@@]23CC[C@H]4[C@@](C)(CCC[C@]4(C)C(=O)O[C@@H]4O[C@H](CO)[C@@H](O)[C@H](O)[C@H]4O)[C@@H]2CC[C@@H]1C3. The van der Waals surface area contributed by atoms with E-state index in [9.17, 15) is 40.5 Å². The Hall–Kier alpha value is -1.19. The molecule has 6 rings (SSSR count). The second kappa shape index (κ2) is 11.3. The minimum atomic E-state index is -1.66. The number of fused-ring (bicyclic) bond motifs is 3. The maximum atomic E-state index is 14.0. The van der Waals surface area contributed by atoms with Crippen LogP contribution in [0.3, 0.4) is 0 Å². The zero-order chi connectivity index (χ0) is 31.1. The van der Waals surface area contributed by atoms with E-state index in [1.165, 1.54) is 0 Å². The number of hydrogen-bond donors (Lipinski definition) is 7. The van der Waals surface area contributed by atoms with Crippen molar-refractivity contribution in [2.75, 3.05) is 13.2 Å². The molecule has 0 amide bonds. The number of aliphatic hydroxyl groups is 7. The highest BCUT2D eigenvalue weighted by atomic mass is 16.7. The van der Waals surface area contributed by atoms with E-state index in [-0.39, 0.29) is 35.2 Å². The Morgan fingerprint density at radius 1 is 0.907 bits per heavy atom. The molecule has 0 aromatic rings. The van der Waals surface area contributed by atoms with Crippen LogP contribution < -0.4 is 0 Å². The van der Waals surface area contributed by atoms with E-state index in [1.807, 2.05) is 6.92 Å². The lowest BCUT2D eigenvalue weighted by Gasteiger charge is -2.64. The predicted octanol–water partition coefficient (Wildman–Crippen LogP) is -0.267. The van der Waals surface area contributed by atoms with Crippen LogP contribution in [0.2, 0.25) is 0 Å². The molecule has 43 heavy (non-hydrogen) atoms. The number of carbonyl (C=O) groups excluding carboxylic acids is 1. The zero-order valence-corrected chi connectivity index (χ0v) is 25.0. The number of ether oxygens (including phenoxy) is 4. The molecular weight excluding hydrogens is 564 g/mol. The summed E-state index contributed by atoms with van der Waals surface area (Å²) in [7, 11) is 0. The first kappa shape index (κ1) is 31.8. The summed E-state index contributed by atoms with van der Waals surface area (Å²) in [5, 5.41) is 71.3. The lowest BCUT2D eigenvalue weighted by atomic mass is 9.40. The minimum Gasteiger partial charge on any atom is -0.432 e. The van der Waals surface area contributed by atoms with Gasteiger partial charge in [0.1, 0.15) is 42.7 Å². The van der Waals surface area contributed by atoms with Crippen molar-refractivity contribution in [3.05, 3.63) is 12.2 Å². The average molecular weight is 613 g/mol. The van der Waals surface area contributed by atoms with E-state index in [4.69, 9.17) is 18.9 Å². The molecule has 0 aromatic carbocycles. The molecule has 6 fully saturated rings. The first-order chi connectivity index (χ1) is 20.3. The van der Waals surface area contributed by atoms with Gasteiger partial charge >= 0.3 is 5.97 Å². The summed E-state index contributed by atoms with van der Waals surface area (Å²) in [4.78, 5) is 14.0. The normalized spacial score (nSPS) is 54.9. The van der Waals surface area contributed by atoms with Crippen molar-refractivity contribution in [1.82, 2.24) is 0 Å². The van der Waals surface area contributed by atoms with Crippen LogP contribution in [-0.2, 0) is 23.7 Å². The van der Waals surface area contributed by atoms with E-state index in [1.54, 1.807) is 0 Å². The van der Waals surface area contributed by atoms with Crippen LogP contribution >= 0.6 is 0 Å². The number of rotatable bonds is 5. The van der Waals surface area contributed by atoms with Gasteiger partial charge in [-0.3, -0.25) is 4.79 Å². The fourth-order valence-corrected chi connectivity index (χ4v) is 10.2. The van der Waals surface area contributed by atoms with Crippen LogP contribution in [0.25, 0.3) is 0 Å². The topological polar surface area (TPSA) is 196 Å². The quantitative estimate of drug-likeness (QED) is 0.159. The van der Waals surface area contributed by atoms with Gasteiger partial charge < -0.3 is 54.7 Å². The molecule has 0 aromatic heterocycles. The van der Waals surface area contributed by atoms with Crippen molar-refractivity contribution < 1.29 is 59.5 Å². The standard InChI is InChI=1S/C31H48O12/c1-14-15-5-6-19-29(2)8-4-9-30(3,28(39)43-27-24(38)22(36)21(35)17(12-32)41-27)18(29)7-10-31(19,11-15)25(14)42-26-23(37)20(34)16(33)13-40-26/h15-27,32-38H,1,4-13H2,2-3H3/t15-,16+,17-,18+,19+,20+,21-,22+,23-,24-,25?,26+,27+,29-,30+,31-/m1/s1. The molecule has 4 aliphatic carbocycles. The van der Waals surface area contributed by atoms with Crippen molar-refractivity contribution in [2.24, 2.45) is 34.0 Å². The fourth-order valence-electron chi connectivity index (χ4n) is 10.2. The average Bonchev–Trinajstić information content (AvgIpc) is 3.17. The second-order valence-corrected chi connectivity index (χ2v) is 14.6. The Morgan fingerprint density at radius 2 is 1.63 bits per heavy atom. The number of carbonyl (C=O) groups is 1. The molecule has 2 bridgehead atoms. The van der Waals surface area contributed by atoms with Gasteiger partial charge in [0.25, 0.3) is 0 Å². The van der Waals surface area contributed by atoms with E-state index < -0.39 is 79.4 Å². The lowest BCUT2D eigenvalue weighted by molar-refractivity contribution is -0.301. The van der Waals surface area contributed by atoms with Gasteiger partial charge in [-0.25, -0.2) is 0 Å². The summed E-state index contributed by atoms with van der Waals surface area (Å²) in [6, 6.07) is 0. The molecule has 2 saturated heterocycles. The van der Waals surface area contributed by atoms with Crippen molar-refractivity contribution in [3.63, 3.8) is 0 Å². The molecule has 2 heterocycles. The molecule has 1 unspecified atom stereocenters. The van der Waals surface area contributed by atoms with Gasteiger partial charge in [-0.1, -0.05) is 19.9 Å². The third-order valence-corrected chi connectivity index (χ3v) is 12.4. The highest BCUT2D eigenvalue weighted by Gasteiger charge is 2.69. The summed E-state index contributed by atoms with van der Waals surface area (Å²) >= 11 is 0. The van der Waals surface area contributed by atoms with Crippen LogP contribution in [-0.4, -0.2) is 116 Å². The van der Waals surface area contributed by atoms with E-state index in [0.717, 1.165) is 44.1 Å². The maximum absolute atomic E-state index is 14.0. The van der Waals surface area contributed by atoms with Gasteiger partial charge in [0.15, 0.2) is 6.29 Å². The lowest BCUT2D eigenvalue weighted by Crippen LogP contribution is -2.63. The third kappa shape index (κ3) is 4.75. The second-order valence-electron chi connectivity index (χ2n) is 14.6. The maximum Gasteiger partial charge on any atom is 0.314 e. The van der Waals surface area contributed by atoms with Gasteiger partial charge in [0.2, 0.25) is 6.29 Å². The van der Waals surface area contributed by atoms with E-state index >= 15 is 0 Å². The molecule has 16 atom stereocenters. The molecule has 7 N–H and O–H groups in total. The highest BCUT2D eigenvalue weighted by Crippen LogP contribution is 2.73. The Kier molecular flexibility index (Phi) is 8.32. The predicted molar refractivity (Wildman–Crippen MR) is 148 cm³/mol. The fraction of sp³-hybridized carbons (Fsp3) is 0.903. The van der Waals surface area contributed by atoms with Gasteiger partial charge in [-0.05, 0) is 80.6 Å². The zero-order valence-electron chi connectivity index (χ0n) is 25.0. The first-order valence-corrected chi connectivity index (χ1v) is 15.8. The Morgan fingerprint density at radius 3 is 2.35 bits per heavy atom. The molecule has 0 radical (unpaired) electrons. The van der Waals surface area contributed by atoms with Crippen LogP contribution in [0.4, 0.5) is 0 Å². The largest absolute Gasteiger partial charge is 0.432 e. The monoisotopic (exact) mass is 612 g/mol. The summed E-state index contributed by atoms with van der Waals surface area (Å²) in [5.74, 6) is -0.146. The molecule has 12 nitrogen and oxygen atoms in total. The third-order valence-electron chi connectivity index (χ3n) is 12.4. The molecule has 244 valence electrons. The van der Waals surface area contributed by atoms with Crippen molar-refractivity contribution in [3.8, 4) is 0 Å². The molecular formula is C31H48O12. The molecule has 2 aliphatic heterocycles. The van der Waals surface area contributed by atoms with Gasteiger partial charge in [0, 0.05) is 5.41 Å². The number of esters is 1. The van der Waals surface area contributed by atoms with E-state index in [2.05, 4.69) is 13.5 Å². The van der Waals surface area contributed by atoms with Crippen molar-refractivity contribution in [1.29, 1.82) is 0 Å². The molecule has 12 heteroatoms. The smallest absolute Gasteiger partial charge is 0.314 e. The van der Waals surface area contributed by atoms with Gasteiger partial charge in [-0.15, -0.1) is 0 Å². The van der Waals surface area contributed by atoms with Crippen LogP contribution in [0.15, 0.2) is 12.2 Å². The van der Waals surface area contributed by atoms with E-state index in [0.29, 0.717) is 12.8 Å². The van der Waals surface area contributed by atoms with Crippen molar-refractivity contribution in [2.45, 2.75) is 127 Å². The number of aliphatic hydroxyl groups excluding tert-OH is 7. The summed E-state index contributed by atoms with van der Waals surface area (Å²) in [6.07, 6.45) is -6.48. The summed E-state index contributed by atoms with van der Waals surface area (Å²) in [6.45, 7) is 7.84. The van der Waals surface area contributed by atoms with Crippen molar-refractivity contribution >= 4 is 5.97 Å². The molecule has 4 saturated carbocycles. The highest BCUT2D eigenvalue weighted by molar-refractivity contribution is 5.77. The van der Waals surface area contributed by atoms with Crippen LogP contribution in [0, 0.1) is 34.0 Å². The minimum absolute atomic E-state index is 0.0543. The van der Waals surface area contributed by atoms with Gasteiger partial charge in [-0.2, -0.15) is 0 Å². The molecule has 1 spiro atoms. The summed E-state index contributed by atoms with van der Waals surface area (Å²) < 4.78 is 23.4. The Labute approximate surface area is 251 Å². The van der Waals surface area contributed by atoms with Crippen LogP contribution in [0.1, 0.15) is 65.2 Å². The van der Waals surface area contributed by atoms with Crippen LogP contribution in [0.5, 0.6) is 0 Å². The molecule has 6 aliphatic rings. The summed E-state index contributed by atoms with van der Waals surface area (Å²) in [5.41, 5.74) is -0.478. The Balaban J connectivity index is 1.25. The first-order valence-electron chi connectivity index (χ1n) is 15.8. The van der Waals surface area contributed by atoms with Gasteiger partial charge in [0.05, 0.1) is 24.7 Å². The Bertz CT molecular complexity index is 1080.